The Morgan fingerprint density at radius 3 is 1.30 bits per heavy atom. The fourth-order valence-electron chi connectivity index (χ4n) is 4.13. The molecule has 0 bridgehead atoms. The monoisotopic (exact) mass is 634 g/mol. The Kier molecular flexibility index (Phi) is 9.29. The van der Waals surface area contributed by atoms with Gasteiger partial charge in [-0.15, -0.1) is 4.94 Å². The smallest absolute Gasteiger partial charge is 0.457 e. The van der Waals surface area contributed by atoms with Gasteiger partial charge in [-0.3, -0.25) is 9.59 Å². The highest BCUT2D eigenvalue weighted by molar-refractivity contribution is 6.04. The van der Waals surface area contributed by atoms with Crippen molar-refractivity contribution in [2.75, 3.05) is 10.6 Å². The molecule has 7 nitrogen and oxygen atoms in total. The second kappa shape index (κ2) is 13.5. The molecule has 5 aromatic carbocycles. The minimum absolute atomic E-state index is 0.208. The topological polar surface area (TPSA) is 85.9 Å². The highest BCUT2D eigenvalue weighted by Crippen LogP contribution is 2.37. The van der Waals surface area contributed by atoms with Gasteiger partial charge in [-0.1, -0.05) is 42.5 Å². The van der Waals surface area contributed by atoms with Gasteiger partial charge in [0.15, 0.2) is 0 Å². The minimum Gasteiger partial charge on any atom is -0.457 e. The SMILES string of the molecule is O=C(Nc1ccc(Oc2ccc(-c3ccc(Oc4ccc(NC(=O)C(F)(OF)C(F)(F)F)cc4)cc3)cc2)cc1)c1ccccc1. The Hall–Kier alpha value is -5.75. The third-order valence-corrected chi connectivity index (χ3v) is 6.54. The largest absolute Gasteiger partial charge is 0.461 e. The average Bonchev–Trinajstić information content (AvgIpc) is 3.06. The van der Waals surface area contributed by atoms with E-state index < -0.39 is 17.9 Å². The molecule has 46 heavy (non-hydrogen) atoms. The van der Waals surface area contributed by atoms with E-state index in [0.29, 0.717) is 28.5 Å². The first-order chi connectivity index (χ1) is 22.0. The maximum Gasteiger partial charge on any atom is 0.461 e. The van der Waals surface area contributed by atoms with Crippen molar-refractivity contribution in [2.24, 2.45) is 0 Å². The molecule has 12 heteroatoms. The third-order valence-electron chi connectivity index (χ3n) is 6.54. The number of ether oxygens (including phenoxy) is 2. The number of nitrogens with one attached hydrogen (secondary N) is 2. The van der Waals surface area contributed by atoms with Crippen LogP contribution in [0.1, 0.15) is 10.4 Å². The van der Waals surface area contributed by atoms with Crippen LogP contribution < -0.4 is 20.1 Å². The van der Waals surface area contributed by atoms with Gasteiger partial charge in [-0.2, -0.15) is 17.6 Å². The van der Waals surface area contributed by atoms with E-state index in [9.17, 15) is 31.7 Å². The van der Waals surface area contributed by atoms with Gasteiger partial charge in [-0.05, 0) is 101 Å². The number of hydrogen-bond donors (Lipinski definition) is 2. The summed E-state index contributed by atoms with van der Waals surface area (Å²) in [5.41, 5.74) is 2.73. The summed E-state index contributed by atoms with van der Waals surface area (Å²) in [7, 11) is 0. The molecule has 2 N–H and O–H groups in total. The fourth-order valence-corrected chi connectivity index (χ4v) is 4.13. The Balaban J connectivity index is 1.14. The molecule has 0 aliphatic heterocycles. The first kappa shape index (κ1) is 31.7. The van der Waals surface area contributed by atoms with E-state index in [1.165, 1.54) is 12.1 Å². The molecule has 0 aliphatic carbocycles. The van der Waals surface area contributed by atoms with E-state index in [0.717, 1.165) is 23.3 Å². The lowest BCUT2D eigenvalue weighted by atomic mass is 10.1. The van der Waals surface area contributed by atoms with Gasteiger partial charge in [0.05, 0.1) is 0 Å². The summed E-state index contributed by atoms with van der Waals surface area (Å²) < 4.78 is 75.4. The minimum atomic E-state index is -5.92. The molecule has 0 aliphatic rings. The number of benzene rings is 5. The van der Waals surface area contributed by atoms with Crippen molar-refractivity contribution in [3.05, 3.63) is 133 Å². The zero-order chi connectivity index (χ0) is 32.7. The van der Waals surface area contributed by atoms with E-state index in [4.69, 9.17) is 9.47 Å². The van der Waals surface area contributed by atoms with Crippen LogP contribution in [0, 0.1) is 0 Å². The number of carbonyl (C=O) groups excluding carboxylic acids is 2. The molecule has 0 spiro atoms. The molecule has 2 amide bonds. The Labute approximate surface area is 259 Å². The van der Waals surface area contributed by atoms with Gasteiger partial charge in [0.25, 0.3) is 5.91 Å². The van der Waals surface area contributed by atoms with E-state index >= 15 is 0 Å². The van der Waals surface area contributed by atoms with Crippen molar-refractivity contribution in [2.45, 2.75) is 12.0 Å². The quantitative estimate of drug-likeness (QED) is 0.150. The summed E-state index contributed by atoms with van der Waals surface area (Å²) in [6.45, 7) is 0. The molecule has 1 unspecified atom stereocenters. The molecule has 0 saturated carbocycles. The summed E-state index contributed by atoms with van der Waals surface area (Å²) in [4.78, 5) is 26.2. The summed E-state index contributed by atoms with van der Waals surface area (Å²) >= 11 is 0. The highest BCUT2D eigenvalue weighted by atomic mass is 19.4. The number of hydrogen-bond acceptors (Lipinski definition) is 5. The molecule has 5 rings (SSSR count). The van der Waals surface area contributed by atoms with Crippen molar-refractivity contribution in [1.82, 2.24) is 0 Å². The Morgan fingerprint density at radius 1 is 0.522 bits per heavy atom. The number of alkyl halides is 4. The molecule has 5 aromatic rings. The predicted octanol–water partition coefficient (Wildman–Crippen LogP) is 9.26. The van der Waals surface area contributed by atoms with Gasteiger partial charge in [0.2, 0.25) is 0 Å². The summed E-state index contributed by atoms with van der Waals surface area (Å²) in [5.74, 6) is -5.82. The van der Waals surface area contributed by atoms with E-state index in [1.54, 1.807) is 66.0 Å². The number of halogens is 5. The molecular weight excluding hydrogens is 611 g/mol. The molecule has 234 valence electrons. The zero-order valence-electron chi connectivity index (χ0n) is 23.6. The summed E-state index contributed by atoms with van der Waals surface area (Å²) in [6.07, 6.45) is -5.92. The fraction of sp³-hybridized carbons (Fsp3) is 0.0588. The number of carbonyl (C=O) groups is 2. The van der Waals surface area contributed by atoms with Crippen molar-refractivity contribution in [3.63, 3.8) is 0 Å². The normalized spacial score (nSPS) is 12.5. The van der Waals surface area contributed by atoms with Crippen LogP contribution in [0.4, 0.5) is 33.5 Å². The average molecular weight is 635 g/mol. The standard InChI is InChI=1S/C34H23F5N2O5/c35-33(46-39,34(36,37)38)32(43)41-26-12-20-30(21-13-26)45-28-16-8-23(9-17-28)22-6-14-27(15-7-22)44-29-18-10-25(11-19-29)40-31(42)24-4-2-1-3-5-24/h1-21H,(H,40,42)(H,41,43). The van der Waals surface area contributed by atoms with Crippen molar-refractivity contribution in [1.29, 1.82) is 0 Å². The number of rotatable bonds is 10. The van der Waals surface area contributed by atoms with Crippen LogP contribution in [-0.4, -0.2) is 23.8 Å². The molecule has 1 atom stereocenters. The molecular formula is C34H23F5N2O5. The van der Waals surface area contributed by atoms with Crippen LogP contribution in [0.2, 0.25) is 0 Å². The van der Waals surface area contributed by atoms with Gasteiger partial charge < -0.3 is 20.1 Å². The van der Waals surface area contributed by atoms with Gasteiger partial charge >= 0.3 is 17.9 Å². The number of amides is 2. The van der Waals surface area contributed by atoms with Gasteiger partial charge in [0.1, 0.15) is 23.0 Å². The molecule has 0 saturated heterocycles. The van der Waals surface area contributed by atoms with Gasteiger partial charge in [-0.25, -0.2) is 0 Å². The first-order valence-electron chi connectivity index (χ1n) is 13.5. The van der Waals surface area contributed by atoms with Crippen LogP contribution in [0.25, 0.3) is 11.1 Å². The third kappa shape index (κ3) is 7.48. The van der Waals surface area contributed by atoms with E-state index in [-0.39, 0.29) is 17.3 Å². The number of anilines is 2. The molecule has 0 radical (unpaired) electrons. The first-order valence-corrected chi connectivity index (χ1v) is 13.5. The maximum atomic E-state index is 13.6. The maximum absolute atomic E-state index is 13.6. The van der Waals surface area contributed by atoms with Crippen LogP contribution >= 0.6 is 0 Å². The lowest BCUT2D eigenvalue weighted by Gasteiger charge is -2.21. The van der Waals surface area contributed by atoms with Crippen molar-refractivity contribution < 1.29 is 46.1 Å². The van der Waals surface area contributed by atoms with Crippen LogP contribution in [0.3, 0.4) is 0 Å². The van der Waals surface area contributed by atoms with E-state index in [2.05, 4.69) is 10.3 Å². The Morgan fingerprint density at radius 2 is 0.913 bits per heavy atom. The molecule has 0 aromatic heterocycles. The Bertz CT molecular complexity index is 1780. The lowest BCUT2D eigenvalue weighted by molar-refractivity contribution is -0.379. The zero-order valence-corrected chi connectivity index (χ0v) is 23.6. The van der Waals surface area contributed by atoms with Crippen LogP contribution in [-0.2, 0) is 9.74 Å². The van der Waals surface area contributed by atoms with Crippen LogP contribution in [0.5, 0.6) is 23.0 Å². The summed E-state index contributed by atoms with van der Waals surface area (Å²) in [6, 6.07) is 35.3. The lowest BCUT2D eigenvalue weighted by Crippen LogP contribution is -2.51. The van der Waals surface area contributed by atoms with Crippen molar-refractivity contribution >= 4 is 23.2 Å². The summed E-state index contributed by atoms with van der Waals surface area (Å²) in [5, 5.41) is 4.45. The highest BCUT2D eigenvalue weighted by Gasteiger charge is 2.65. The molecule has 0 fully saturated rings. The predicted molar refractivity (Wildman–Crippen MR) is 160 cm³/mol. The van der Waals surface area contributed by atoms with Gasteiger partial charge in [0, 0.05) is 16.9 Å². The van der Waals surface area contributed by atoms with Crippen molar-refractivity contribution in [3.8, 4) is 34.1 Å². The molecule has 0 heterocycles. The van der Waals surface area contributed by atoms with Crippen LogP contribution in [0.15, 0.2) is 127 Å². The van der Waals surface area contributed by atoms with E-state index in [1.807, 2.05) is 42.5 Å². The second-order valence-electron chi connectivity index (χ2n) is 9.75. The second-order valence-corrected chi connectivity index (χ2v) is 9.75.